The minimum absolute atomic E-state index is 0.121. The van der Waals surface area contributed by atoms with Crippen molar-refractivity contribution < 1.29 is 19.1 Å². The Labute approximate surface area is 157 Å². The number of amides is 3. The molecule has 7 nitrogen and oxygen atoms in total. The first-order valence-electron chi connectivity index (χ1n) is 8.39. The fourth-order valence-electron chi connectivity index (χ4n) is 2.90. The van der Waals surface area contributed by atoms with Crippen LogP contribution in [0.3, 0.4) is 0 Å². The Hall–Kier alpha value is -3.53. The molecule has 138 valence electrons. The van der Waals surface area contributed by atoms with Crippen molar-refractivity contribution >= 4 is 11.9 Å². The quantitative estimate of drug-likeness (QED) is 0.794. The summed E-state index contributed by atoms with van der Waals surface area (Å²) in [5, 5.41) is 11.5. The Balaban J connectivity index is 1.65. The predicted octanol–water partition coefficient (Wildman–Crippen LogP) is 2.41. The minimum atomic E-state index is -1.13. The first-order chi connectivity index (χ1) is 13.0. The van der Waals surface area contributed by atoms with Crippen LogP contribution in [0.25, 0.3) is 0 Å². The number of imide groups is 1. The van der Waals surface area contributed by atoms with Gasteiger partial charge in [-0.25, -0.2) is 4.79 Å². The number of hydrogen-bond acceptors (Lipinski definition) is 5. The van der Waals surface area contributed by atoms with Gasteiger partial charge in [-0.05, 0) is 48.9 Å². The summed E-state index contributed by atoms with van der Waals surface area (Å²) in [6.45, 7) is 1.96. The van der Waals surface area contributed by atoms with Crippen LogP contribution in [0.1, 0.15) is 18.1 Å². The van der Waals surface area contributed by atoms with E-state index in [9.17, 15) is 9.59 Å². The van der Waals surface area contributed by atoms with E-state index in [0.717, 1.165) is 4.90 Å². The molecule has 3 amide bonds. The molecule has 1 fully saturated rings. The molecule has 0 spiro atoms. The van der Waals surface area contributed by atoms with Gasteiger partial charge in [0, 0.05) is 0 Å². The summed E-state index contributed by atoms with van der Waals surface area (Å²) in [5.74, 6) is 0.909. The van der Waals surface area contributed by atoms with Gasteiger partial charge in [0.25, 0.3) is 5.91 Å². The summed E-state index contributed by atoms with van der Waals surface area (Å²) >= 11 is 0. The number of hydrogen-bond donors (Lipinski definition) is 1. The van der Waals surface area contributed by atoms with E-state index in [1.165, 1.54) is 0 Å². The van der Waals surface area contributed by atoms with Gasteiger partial charge in [-0.15, -0.1) is 0 Å². The first-order valence-corrected chi connectivity index (χ1v) is 8.39. The maximum absolute atomic E-state index is 12.8. The molecule has 1 aliphatic heterocycles. The number of ether oxygens (including phenoxy) is 2. The van der Waals surface area contributed by atoms with Crippen LogP contribution in [0, 0.1) is 11.3 Å². The zero-order valence-electron chi connectivity index (χ0n) is 15.1. The number of carbonyl (C=O) groups is 2. The molecule has 3 rings (SSSR count). The van der Waals surface area contributed by atoms with Crippen molar-refractivity contribution in [2.75, 3.05) is 20.3 Å². The first kappa shape index (κ1) is 18.3. The van der Waals surface area contributed by atoms with Crippen molar-refractivity contribution in [2.24, 2.45) is 0 Å². The van der Waals surface area contributed by atoms with Crippen molar-refractivity contribution in [1.82, 2.24) is 10.2 Å². The molecule has 0 bridgehead atoms. The number of nitrogens with one attached hydrogen (secondary N) is 1. The van der Waals surface area contributed by atoms with Crippen LogP contribution in [0.15, 0.2) is 48.5 Å². The maximum Gasteiger partial charge on any atom is 0.325 e. The number of nitriles is 1. The van der Waals surface area contributed by atoms with Crippen LogP contribution in [-0.4, -0.2) is 37.1 Å². The lowest BCUT2D eigenvalue weighted by atomic mass is 9.92. The molecule has 1 heterocycles. The highest BCUT2D eigenvalue weighted by Crippen LogP contribution is 2.29. The lowest BCUT2D eigenvalue weighted by Gasteiger charge is -2.22. The van der Waals surface area contributed by atoms with Gasteiger partial charge in [0.05, 0.1) is 25.3 Å². The summed E-state index contributed by atoms with van der Waals surface area (Å²) in [6, 6.07) is 15.2. The summed E-state index contributed by atoms with van der Waals surface area (Å²) in [4.78, 5) is 26.3. The molecule has 1 unspecified atom stereocenters. The highest BCUT2D eigenvalue weighted by atomic mass is 16.5. The molecule has 2 aromatic carbocycles. The van der Waals surface area contributed by atoms with Gasteiger partial charge in [-0.2, -0.15) is 5.26 Å². The topological polar surface area (TPSA) is 91.7 Å². The number of methoxy groups -OCH3 is 1. The van der Waals surface area contributed by atoms with E-state index < -0.39 is 11.6 Å². The molecule has 0 saturated carbocycles. The van der Waals surface area contributed by atoms with Crippen molar-refractivity contribution in [3.63, 3.8) is 0 Å². The van der Waals surface area contributed by atoms with Gasteiger partial charge in [0.1, 0.15) is 23.6 Å². The molecule has 1 atom stereocenters. The highest BCUT2D eigenvalue weighted by molar-refractivity contribution is 6.07. The van der Waals surface area contributed by atoms with Gasteiger partial charge in [-0.3, -0.25) is 9.69 Å². The van der Waals surface area contributed by atoms with E-state index in [-0.39, 0.29) is 19.1 Å². The van der Waals surface area contributed by atoms with Crippen molar-refractivity contribution in [3.8, 4) is 17.6 Å². The Morgan fingerprint density at radius 3 is 2.30 bits per heavy atom. The van der Waals surface area contributed by atoms with Gasteiger partial charge >= 0.3 is 6.03 Å². The molecule has 2 aromatic rings. The Morgan fingerprint density at radius 2 is 1.70 bits per heavy atom. The Bertz CT molecular complexity index is 887. The van der Waals surface area contributed by atoms with Gasteiger partial charge in [0.2, 0.25) is 0 Å². The van der Waals surface area contributed by atoms with Gasteiger partial charge < -0.3 is 14.8 Å². The summed E-state index contributed by atoms with van der Waals surface area (Å²) in [5.41, 5.74) is 0.0847. The third kappa shape index (κ3) is 3.55. The van der Waals surface area contributed by atoms with E-state index in [4.69, 9.17) is 14.7 Å². The zero-order chi connectivity index (χ0) is 19.4. The molecule has 1 aliphatic rings. The molecule has 1 N–H and O–H groups in total. The lowest BCUT2D eigenvalue weighted by molar-refractivity contribution is -0.131. The van der Waals surface area contributed by atoms with Crippen molar-refractivity contribution in [1.29, 1.82) is 5.26 Å². The second-order valence-corrected chi connectivity index (χ2v) is 6.23. The third-order valence-electron chi connectivity index (χ3n) is 4.51. The van der Waals surface area contributed by atoms with E-state index in [0.29, 0.717) is 22.6 Å². The normalized spacial score (nSPS) is 18.8. The third-order valence-corrected chi connectivity index (χ3v) is 4.51. The van der Waals surface area contributed by atoms with E-state index in [1.807, 2.05) is 6.07 Å². The molecular weight excluding hydrogens is 346 g/mol. The molecule has 0 aromatic heterocycles. The van der Waals surface area contributed by atoms with Crippen LogP contribution >= 0.6 is 0 Å². The average molecular weight is 365 g/mol. The Kier molecular flexibility index (Phi) is 4.99. The summed E-state index contributed by atoms with van der Waals surface area (Å²) in [7, 11) is 1.56. The van der Waals surface area contributed by atoms with Gasteiger partial charge in [-0.1, -0.05) is 12.1 Å². The minimum Gasteiger partial charge on any atom is -0.497 e. The van der Waals surface area contributed by atoms with Crippen molar-refractivity contribution in [3.05, 3.63) is 59.7 Å². The van der Waals surface area contributed by atoms with Crippen LogP contribution in [0.2, 0.25) is 0 Å². The molecule has 27 heavy (non-hydrogen) atoms. The summed E-state index contributed by atoms with van der Waals surface area (Å²) in [6.07, 6.45) is 0. The van der Waals surface area contributed by atoms with E-state index in [2.05, 4.69) is 5.32 Å². The molecule has 7 heteroatoms. The largest absolute Gasteiger partial charge is 0.497 e. The second kappa shape index (κ2) is 7.38. The summed E-state index contributed by atoms with van der Waals surface area (Å²) < 4.78 is 10.7. The maximum atomic E-state index is 12.8. The van der Waals surface area contributed by atoms with E-state index in [1.54, 1.807) is 62.6 Å². The smallest absolute Gasteiger partial charge is 0.325 e. The average Bonchev–Trinajstić information content (AvgIpc) is 2.92. The standard InChI is InChI=1S/C20H19N3O4/c1-20(15-5-9-16(26-2)10-6-15)18(24)23(19(25)22-20)11-12-27-17-7-3-14(13-21)4-8-17/h3-10H,11-12H2,1-2H3,(H,22,25). The lowest BCUT2D eigenvalue weighted by Crippen LogP contribution is -2.41. The number of nitrogens with zero attached hydrogens (tertiary/aromatic N) is 2. The van der Waals surface area contributed by atoms with E-state index >= 15 is 0 Å². The SMILES string of the molecule is COc1ccc(C2(C)NC(=O)N(CCOc3ccc(C#N)cc3)C2=O)cc1. The molecular formula is C20H19N3O4. The molecule has 1 saturated heterocycles. The van der Waals surface area contributed by atoms with Crippen LogP contribution in [-0.2, 0) is 10.3 Å². The van der Waals surface area contributed by atoms with Crippen LogP contribution in [0.5, 0.6) is 11.5 Å². The molecule has 0 aliphatic carbocycles. The Morgan fingerprint density at radius 1 is 1.07 bits per heavy atom. The highest BCUT2D eigenvalue weighted by Gasteiger charge is 2.48. The fourth-order valence-corrected chi connectivity index (χ4v) is 2.90. The van der Waals surface area contributed by atoms with Crippen molar-refractivity contribution in [2.45, 2.75) is 12.5 Å². The number of urea groups is 1. The van der Waals surface area contributed by atoms with Gasteiger partial charge in [0.15, 0.2) is 0 Å². The second-order valence-electron chi connectivity index (χ2n) is 6.23. The van der Waals surface area contributed by atoms with Crippen LogP contribution < -0.4 is 14.8 Å². The zero-order valence-corrected chi connectivity index (χ0v) is 15.1. The fraction of sp³-hybridized carbons (Fsp3) is 0.250. The predicted molar refractivity (Wildman–Crippen MR) is 97.2 cm³/mol. The monoisotopic (exact) mass is 365 g/mol. The van der Waals surface area contributed by atoms with Crippen LogP contribution in [0.4, 0.5) is 4.79 Å². The number of carbonyl (C=O) groups excluding carboxylic acids is 2. The number of rotatable bonds is 6. The molecule has 0 radical (unpaired) electrons. The number of benzene rings is 2.